The molecule has 2 saturated carbocycles. The van der Waals surface area contributed by atoms with Crippen LogP contribution in [-0.2, 0) is 9.53 Å². The zero-order valence-corrected chi connectivity index (χ0v) is 41.6. The number of ether oxygens (including phenoxy) is 3. The number of fused-ring (bicyclic) bond motifs is 2. The number of carbonyl (C=O) groups excluding carboxylic acids is 3. The number of aliphatic hydroxyl groups excluding tert-OH is 1. The quantitative estimate of drug-likeness (QED) is 0.119. The minimum atomic E-state index is -0.274. The summed E-state index contributed by atoms with van der Waals surface area (Å²) in [6.45, 7) is 7.68. The number of ketones is 1. The Morgan fingerprint density at radius 1 is 0.697 bits per heavy atom. The number of anilines is 2. The van der Waals surface area contributed by atoms with Crippen molar-refractivity contribution in [1.82, 2.24) is 19.9 Å². The molecule has 0 spiro atoms. The van der Waals surface area contributed by atoms with Crippen LogP contribution in [0, 0.1) is 25.7 Å². The van der Waals surface area contributed by atoms with Crippen molar-refractivity contribution >= 4 is 89.4 Å². The molecule has 17 heteroatoms. The number of nitrogens with zero attached hydrogens (tertiary/aromatic N) is 4. The number of nitrogens with one attached hydrogen (secondary N) is 2. The van der Waals surface area contributed by atoms with Crippen LogP contribution in [0.4, 0.5) is 11.4 Å². The Kier molecular flexibility index (Phi) is 20.2. The topological polar surface area (TPSA) is 175 Å². The van der Waals surface area contributed by atoms with Crippen LogP contribution in [0.1, 0.15) is 127 Å². The monoisotopic (exact) mass is 941 g/mol. The smallest absolute Gasteiger partial charge is 1.00 e. The molecule has 2 aromatic carbocycles. The van der Waals surface area contributed by atoms with Gasteiger partial charge in [-0.3, -0.25) is 14.4 Å². The third-order valence-corrected chi connectivity index (χ3v) is 14.5. The number of aryl methyl sites for hydroxylation is 2. The van der Waals surface area contributed by atoms with Crippen molar-refractivity contribution in [2.24, 2.45) is 11.8 Å². The molecule has 66 heavy (non-hydrogen) atoms. The molecule has 0 bridgehead atoms. The van der Waals surface area contributed by atoms with E-state index < -0.39 is 0 Å². The van der Waals surface area contributed by atoms with Gasteiger partial charge in [-0.2, -0.15) is 0 Å². The second kappa shape index (κ2) is 25.2. The van der Waals surface area contributed by atoms with Crippen LogP contribution in [0.25, 0.3) is 20.4 Å². The summed E-state index contributed by atoms with van der Waals surface area (Å²) < 4.78 is 18.0. The Hall–Kier alpha value is -4.22. The number of benzene rings is 2. The van der Waals surface area contributed by atoms with Crippen molar-refractivity contribution in [2.45, 2.75) is 96.8 Å². The number of hydrogen-bond donors (Lipinski definition) is 3. The fraction of sp³-hybridized carbons (Fsp3) is 0.449. The second-order valence-electron chi connectivity index (χ2n) is 16.8. The van der Waals surface area contributed by atoms with Gasteiger partial charge in [0.05, 0.1) is 56.0 Å². The first-order valence-electron chi connectivity index (χ1n) is 22.2. The Balaban J connectivity index is 0.000000254. The molecule has 343 valence electrons. The number of rotatable bonds is 10. The average molecular weight is 942 g/mol. The van der Waals surface area contributed by atoms with Crippen molar-refractivity contribution < 1.29 is 54.0 Å². The summed E-state index contributed by atoms with van der Waals surface area (Å²) in [6, 6.07) is 18.3. The Morgan fingerprint density at radius 2 is 1.14 bits per heavy atom. The molecule has 2 amide bonds. The van der Waals surface area contributed by atoms with Gasteiger partial charge in [0.1, 0.15) is 28.7 Å². The van der Waals surface area contributed by atoms with Crippen LogP contribution in [0.2, 0.25) is 0 Å². The molecule has 1 saturated heterocycles. The fourth-order valence-corrected chi connectivity index (χ4v) is 10.7. The van der Waals surface area contributed by atoms with Crippen molar-refractivity contribution in [3.05, 3.63) is 93.5 Å². The van der Waals surface area contributed by atoms with Gasteiger partial charge in [0.25, 0.3) is 11.8 Å². The van der Waals surface area contributed by atoms with E-state index in [1.165, 1.54) is 12.8 Å². The molecule has 2 aliphatic carbocycles. The summed E-state index contributed by atoms with van der Waals surface area (Å²) in [5, 5.41) is 17.4. The zero-order valence-electron chi connectivity index (χ0n) is 39.9. The molecule has 9 rings (SSSR count). The summed E-state index contributed by atoms with van der Waals surface area (Å²) >= 11 is 3.33. The van der Waals surface area contributed by atoms with Crippen LogP contribution in [0.3, 0.4) is 0 Å². The van der Waals surface area contributed by atoms with Gasteiger partial charge in [-0.1, -0.05) is 12.1 Å². The minimum absolute atomic E-state index is 0. The van der Waals surface area contributed by atoms with Crippen LogP contribution in [0.15, 0.2) is 60.7 Å². The number of hydrogen-bond acceptors (Lipinski definition) is 13. The molecule has 1 aliphatic heterocycles. The molecule has 0 unspecified atom stereocenters. The van der Waals surface area contributed by atoms with Crippen LogP contribution in [-0.4, -0.2) is 94.0 Å². The van der Waals surface area contributed by atoms with E-state index in [1.807, 2.05) is 62.4 Å². The number of amides is 2. The van der Waals surface area contributed by atoms with Gasteiger partial charge >= 0.3 is 18.9 Å². The average Bonchev–Trinajstić information content (AvgIpc) is 4.12. The number of methoxy groups -OCH3 is 2. The standard InChI is InChI=1S/C23H25N3O3S.C22H25N3O3S.C4H8O.Al.Li.H/c1-13-5-4-6-17(24-13)22(28)25-18-12-21-19(11-20(18)29-3)26-23(30-21)16-9-7-15(8-10-16)14(2)27;1-13-4-3-5-16(23-13)21(27)24-17-11-20-18(10-19(17)28-2)25-22(29-20)15-8-6-14(12-26)7-9-15;1-2-4-5-3-1;;;/h4-6,11-12,15-16H,7-10H2,1-3H3,(H,25,28);3-5,10-11,14-15,26H,6-9,12H2,1-2H3,(H,24,27);1-4H2;;;/q;;;;+1;-1. The van der Waals surface area contributed by atoms with E-state index in [4.69, 9.17) is 24.2 Å². The van der Waals surface area contributed by atoms with Crippen LogP contribution >= 0.6 is 22.7 Å². The Labute approximate surface area is 419 Å². The molecule has 3 N–H and O–H groups in total. The maximum absolute atomic E-state index is 12.6. The molecule has 6 aromatic rings. The predicted octanol–water partition coefficient (Wildman–Crippen LogP) is 7.18. The van der Waals surface area contributed by atoms with E-state index in [2.05, 4.69) is 20.6 Å². The van der Waals surface area contributed by atoms with E-state index in [9.17, 15) is 19.5 Å². The van der Waals surface area contributed by atoms with E-state index >= 15 is 0 Å². The largest absolute Gasteiger partial charge is 1.00 e. The number of thiazole rings is 2. The predicted molar refractivity (Wildman–Crippen MR) is 260 cm³/mol. The van der Waals surface area contributed by atoms with Gasteiger partial charge < -0.3 is 31.4 Å². The van der Waals surface area contributed by atoms with Gasteiger partial charge in [-0.05, 0) is 127 Å². The first-order chi connectivity index (χ1) is 31.0. The minimum Gasteiger partial charge on any atom is -1.00 e. The van der Waals surface area contributed by atoms with E-state index in [1.54, 1.807) is 55.9 Å². The molecule has 3 fully saturated rings. The summed E-state index contributed by atoms with van der Waals surface area (Å²) in [4.78, 5) is 55.1. The first-order valence-corrected chi connectivity index (χ1v) is 23.8. The molecule has 0 atom stereocenters. The Morgan fingerprint density at radius 3 is 1.50 bits per heavy atom. The molecule has 3 radical (unpaired) electrons. The van der Waals surface area contributed by atoms with E-state index in [-0.39, 0.29) is 62.0 Å². The number of carbonyl (C=O) groups is 3. The molecule has 13 nitrogen and oxygen atoms in total. The summed E-state index contributed by atoms with van der Waals surface area (Å²) in [6.07, 6.45) is 10.6. The van der Waals surface area contributed by atoms with Crippen LogP contribution in [0.5, 0.6) is 11.5 Å². The molecule has 3 aliphatic rings. The molecule has 4 aromatic heterocycles. The third kappa shape index (κ3) is 13.7. The van der Waals surface area contributed by atoms with Gasteiger partial charge in [0.15, 0.2) is 0 Å². The number of Topliss-reactive ketones (excluding diaryl/α,β-unsaturated/α-hetero) is 1. The molecular weight excluding hydrogens is 883 g/mol. The molecular formula is C49H59AlLiN6O7S2. The van der Waals surface area contributed by atoms with Crippen LogP contribution < -0.4 is 39.0 Å². The van der Waals surface area contributed by atoms with Gasteiger partial charge in [0.2, 0.25) is 0 Å². The number of pyridine rings is 2. The van der Waals surface area contributed by atoms with Crippen molar-refractivity contribution in [3.63, 3.8) is 0 Å². The zero-order chi connectivity index (χ0) is 45.2. The Bertz CT molecular complexity index is 2570. The van der Waals surface area contributed by atoms with Crippen molar-refractivity contribution in [3.8, 4) is 11.5 Å². The third-order valence-electron chi connectivity index (χ3n) is 12.1. The maximum Gasteiger partial charge on any atom is 1.00 e. The molecule has 5 heterocycles. The van der Waals surface area contributed by atoms with Gasteiger partial charge in [0, 0.05) is 78.5 Å². The van der Waals surface area contributed by atoms with Crippen molar-refractivity contribution in [2.75, 3.05) is 44.7 Å². The van der Waals surface area contributed by atoms with Gasteiger partial charge in [-0.15, -0.1) is 22.7 Å². The first kappa shape index (κ1) is 52.7. The normalized spacial score (nSPS) is 18.9. The van der Waals surface area contributed by atoms with Gasteiger partial charge in [-0.25, -0.2) is 19.9 Å². The summed E-state index contributed by atoms with van der Waals surface area (Å²) in [5.74, 6) is 2.37. The van der Waals surface area contributed by atoms with Crippen molar-refractivity contribution in [1.29, 1.82) is 0 Å². The fourth-order valence-electron chi connectivity index (χ4n) is 8.39. The SMILES string of the molecule is C1CCOC1.COc1cc2nc(C3CCC(C(C)=O)CC3)sc2cc1NC(=O)c1cccc(C)n1.COc1cc2nc(C3CCC(CO)CC3)sc2cc1NC(=O)c1cccc(C)n1.[Al].[H-].[Li+]. The van der Waals surface area contributed by atoms with E-state index in [0.29, 0.717) is 57.8 Å². The second-order valence-corrected chi connectivity index (χ2v) is 18.9. The maximum atomic E-state index is 12.6. The number of aromatic nitrogens is 4. The summed E-state index contributed by atoms with van der Waals surface area (Å²) in [7, 11) is 3.17. The number of aliphatic hydroxyl groups is 1. The summed E-state index contributed by atoms with van der Waals surface area (Å²) in [5.41, 5.74) is 5.30. The van der Waals surface area contributed by atoms with E-state index in [0.717, 1.165) is 106 Å².